The number of carboxylic acids is 1. The van der Waals surface area contributed by atoms with Gasteiger partial charge in [-0.25, -0.2) is 9.48 Å². The van der Waals surface area contributed by atoms with Gasteiger partial charge in [0.05, 0.1) is 30.5 Å². The van der Waals surface area contributed by atoms with Crippen molar-refractivity contribution >= 4 is 24.9 Å². The molecule has 0 saturated carbocycles. The van der Waals surface area contributed by atoms with Gasteiger partial charge in [-0.05, 0) is 12.1 Å². The average Bonchev–Trinajstić information content (AvgIpc) is 3.19. The molecule has 1 aliphatic rings. The summed E-state index contributed by atoms with van der Waals surface area (Å²) in [6, 6.07) is 4.37. The predicted molar refractivity (Wildman–Crippen MR) is 95.4 cm³/mol. The fraction of sp³-hybridized carbons (Fsp3) is 0.529. The Morgan fingerprint density at radius 1 is 1.36 bits per heavy atom. The molecule has 1 saturated heterocycles. The van der Waals surface area contributed by atoms with Gasteiger partial charge in [-0.1, -0.05) is 25.7 Å². The Kier molecular flexibility index (Phi) is 5.23. The van der Waals surface area contributed by atoms with E-state index in [4.69, 9.17) is 14.2 Å². The van der Waals surface area contributed by atoms with Crippen LogP contribution in [-0.2, 0) is 20.9 Å². The monoisotopic (exact) mass is 364 g/mol. The number of aromatic carboxylic acids is 1. The Hall–Kier alpha value is -1.74. The third kappa shape index (κ3) is 4.09. The molecule has 25 heavy (non-hydrogen) atoms. The lowest BCUT2D eigenvalue weighted by atomic mass is 10.1. The lowest BCUT2D eigenvalue weighted by molar-refractivity contribution is -0.0434. The number of rotatable bonds is 7. The molecule has 7 nitrogen and oxygen atoms in total. The van der Waals surface area contributed by atoms with Crippen molar-refractivity contribution in [1.29, 1.82) is 0 Å². The molecule has 1 aromatic heterocycles. The van der Waals surface area contributed by atoms with Gasteiger partial charge in [-0.15, -0.1) is 0 Å². The summed E-state index contributed by atoms with van der Waals surface area (Å²) < 4.78 is 18.7. The predicted octanol–water partition coefficient (Wildman–Crippen LogP) is 3.09. The maximum atomic E-state index is 11.5. The van der Waals surface area contributed by atoms with Crippen LogP contribution in [0, 0.1) is 0 Å². The van der Waals surface area contributed by atoms with E-state index in [-0.39, 0.29) is 12.3 Å². The molecule has 8 heteroatoms. The number of hydrogen-bond acceptors (Lipinski definition) is 5. The highest BCUT2D eigenvalue weighted by Gasteiger charge is 2.25. The smallest absolute Gasteiger partial charge is 0.336 e. The van der Waals surface area contributed by atoms with Crippen molar-refractivity contribution in [2.75, 3.05) is 19.8 Å². The van der Waals surface area contributed by atoms with Crippen LogP contribution in [0.25, 0.3) is 10.9 Å². The van der Waals surface area contributed by atoms with E-state index in [0.717, 1.165) is 11.6 Å². The highest BCUT2D eigenvalue weighted by atomic mass is 28.3. The second kappa shape index (κ2) is 7.25. The van der Waals surface area contributed by atoms with Crippen LogP contribution in [0.2, 0.25) is 25.7 Å². The Morgan fingerprint density at radius 2 is 2.08 bits per heavy atom. The summed E-state index contributed by atoms with van der Waals surface area (Å²) in [5.74, 6) is -0.982. The second-order valence-electron chi connectivity index (χ2n) is 7.34. The molecular weight excluding hydrogens is 340 g/mol. The standard InChI is InChI=1S/C17H24N2O5Si/c1-25(2,3)9-8-22-11-19-15-13(17-23-6-7-24-17)5-4-12(16(20)21)14(15)10-18-19/h4-5,10,17H,6-9,11H2,1-3H3,(H,20,21). The van der Waals surface area contributed by atoms with Gasteiger partial charge in [0.1, 0.15) is 6.73 Å². The molecule has 1 aromatic carbocycles. The molecule has 0 atom stereocenters. The van der Waals surface area contributed by atoms with Crippen LogP contribution in [0.4, 0.5) is 0 Å². The molecule has 0 spiro atoms. The molecule has 1 fully saturated rings. The maximum absolute atomic E-state index is 11.5. The van der Waals surface area contributed by atoms with Gasteiger partial charge in [0.15, 0.2) is 6.29 Å². The summed E-state index contributed by atoms with van der Waals surface area (Å²) in [5.41, 5.74) is 1.69. The normalized spacial score (nSPS) is 16.0. The minimum Gasteiger partial charge on any atom is -0.478 e. The number of benzene rings is 1. The number of ether oxygens (including phenoxy) is 3. The number of carboxylic acid groups (broad SMARTS) is 1. The fourth-order valence-electron chi connectivity index (χ4n) is 2.77. The molecule has 3 rings (SSSR count). The molecule has 0 radical (unpaired) electrons. The molecule has 2 aromatic rings. The van der Waals surface area contributed by atoms with Crippen molar-refractivity contribution in [3.63, 3.8) is 0 Å². The quantitative estimate of drug-likeness (QED) is 0.600. The van der Waals surface area contributed by atoms with Gasteiger partial charge in [-0.2, -0.15) is 5.10 Å². The highest BCUT2D eigenvalue weighted by molar-refractivity contribution is 6.76. The van der Waals surface area contributed by atoms with Crippen molar-refractivity contribution in [2.24, 2.45) is 0 Å². The first-order chi connectivity index (χ1) is 11.9. The Labute approximate surface area is 147 Å². The zero-order valence-corrected chi connectivity index (χ0v) is 15.8. The number of fused-ring (bicyclic) bond motifs is 1. The van der Waals surface area contributed by atoms with E-state index in [2.05, 4.69) is 24.7 Å². The Balaban J connectivity index is 1.89. The van der Waals surface area contributed by atoms with Crippen LogP contribution < -0.4 is 0 Å². The van der Waals surface area contributed by atoms with Crippen LogP contribution in [0.3, 0.4) is 0 Å². The molecule has 0 unspecified atom stereocenters. The third-order valence-corrected chi connectivity index (χ3v) is 5.85. The van der Waals surface area contributed by atoms with E-state index in [0.29, 0.717) is 30.7 Å². The minimum atomic E-state index is -1.16. The largest absolute Gasteiger partial charge is 0.478 e. The van der Waals surface area contributed by atoms with Gasteiger partial charge in [-0.3, -0.25) is 0 Å². The zero-order chi connectivity index (χ0) is 18.0. The zero-order valence-electron chi connectivity index (χ0n) is 14.8. The van der Waals surface area contributed by atoms with E-state index in [1.54, 1.807) is 23.0 Å². The lowest BCUT2D eigenvalue weighted by Gasteiger charge is -2.16. The molecule has 0 amide bonds. The number of carbonyl (C=O) groups is 1. The second-order valence-corrected chi connectivity index (χ2v) is 13.0. The third-order valence-electron chi connectivity index (χ3n) is 4.15. The molecule has 0 bridgehead atoms. The first-order valence-electron chi connectivity index (χ1n) is 8.39. The average molecular weight is 364 g/mol. The van der Waals surface area contributed by atoms with Gasteiger partial charge in [0.2, 0.25) is 0 Å². The summed E-state index contributed by atoms with van der Waals surface area (Å²) in [7, 11) is -1.16. The maximum Gasteiger partial charge on any atom is 0.336 e. The van der Waals surface area contributed by atoms with Gasteiger partial charge >= 0.3 is 5.97 Å². The molecular formula is C17H24N2O5Si. The minimum absolute atomic E-state index is 0.213. The van der Waals surface area contributed by atoms with E-state index >= 15 is 0 Å². The SMILES string of the molecule is C[Si](C)(C)CCOCn1ncc2c(C(=O)O)ccc(C3OCCO3)c21. The van der Waals surface area contributed by atoms with E-state index < -0.39 is 20.3 Å². The molecule has 0 aliphatic carbocycles. The molecule has 136 valence electrons. The van der Waals surface area contributed by atoms with Gasteiger partial charge in [0, 0.05) is 25.6 Å². The van der Waals surface area contributed by atoms with Crippen LogP contribution in [0.5, 0.6) is 0 Å². The van der Waals surface area contributed by atoms with Crippen molar-refractivity contribution < 1.29 is 24.1 Å². The summed E-state index contributed by atoms with van der Waals surface area (Å²) in [6.07, 6.45) is 1.07. The molecule has 1 aliphatic heterocycles. The summed E-state index contributed by atoms with van der Waals surface area (Å²) in [4.78, 5) is 11.5. The van der Waals surface area contributed by atoms with Crippen molar-refractivity contribution in [3.05, 3.63) is 29.5 Å². The highest BCUT2D eigenvalue weighted by Crippen LogP contribution is 2.32. The van der Waals surface area contributed by atoms with E-state index in [1.165, 1.54) is 0 Å². The lowest BCUT2D eigenvalue weighted by Crippen LogP contribution is -2.22. The van der Waals surface area contributed by atoms with Crippen LogP contribution >= 0.6 is 0 Å². The summed E-state index contributed by atoms with van der Waals surface area (Å²) >= 11 is 0. The molecule has 2 heterocycles. The number of aromatic nitrogens is 2. The van der Waals surface area contributed by atoms with Crippen LogP contribution in [-0.4, -0.2) is 48.8 Å². The van der Waals surface area contributed by atoms with Crippen LogP contribution in [0.15, 0.2) is 18.3 Å². The van der Waals surface area contributed by atoms with E-state index in [1.807, 2.05) is 0 Å². The summed E-state index contributed by atoms with van der Waals surface area (Å²) in [5, 5.41) is 14.3. The molecule has 1 N–H and O–H groups in total. The van der Waals surface area contributed by atoms with Crippen molar-refractivity contribution in [2.45, 2.75) is 38.7 Å². The van der Waals surface area contributed by atoms with Gasteiger partial charge < -0.3 is 19.3 Å². The Bertz CT molecular complexity index is 762. The first-order valence-corrected chi connectivity index (χ1v) is 12.1. The summed E-state index contributed by atoms with van der Waals surface area (Å²) in [6.45, 7) is 8.88. The number of nitrogens with zero attached hydrogens (tertiary/aromatic N) is 2. The van der Waals surface area contributed by atoms with Crippen molar-refractivity contribution in [1.82, 2.24) is 9.78 Å². The van der Waals surface area contributed by atoms with E-state index in [9.17, 15) is 9.90 Å². The fourth-order valence-corrected chi connectivity index (χ4v) is 3.53. The Morgan fingerprint density at radius 3 is 2.72 bits per heavy atom. The topological polar surface area (TPSA) is 82.8 Å². The first kappa shape index (κ1) is 18.1. The van der Waals surface area contributed by atoms with Crippen LogP contribution in [0.1, 0.15) is 22.2 Å². The van der Waals surface area contributed by atoms with Gasteiger partial charge in [0.25, 0.3) is 0 Å². The van der Waals surface area contributed by atoms with Crippen molar-refractivity contribution in [3.8, 4) is 0 Å². The number of hydrogen-bond donors (Lipinski definition) is 1.